The molecule has 0 radical (unpaired) electrons. The number of amides is 1. The minimum atomic E-state index is -0.276. The molecular weight excluding hydrogens is 243 g/mol. The van der Waals surface area contributed by atoms with E-state index in [1.807, 2.05) is 7.05 Å². The fourth-order valence-electron chi connectivity index (χ4n) is 1.36. The van der Waals surface area contributed by atoms with Crippen LogP contribution in [-0.4, -0.2) is 19.5 Å². The minimum Gasteiger partial charge on any atom is -0.352 e. The molecule has 0 aliphatic rings. The van der Waals surface area contributed by atoms with E-state index in [0.29, 0.717) is 13.0 Å². The Labute approximate surface area is 107 Å². The average molecular weight is 261 g/mol. The summed E-state index contributed by atoms with van der Waals surface area (Å²) in [5.41, 5.74) is 0.780. The van der Waals surface area contributed by atoms with Gasteiger partial charge in [0.25, 0.3) is 0 Å². The number of hydrogen-bond acceptors (Lipinski definition) is 2. The van der Waals surface area contributed by atoms with Crippen LogP contribution in [0.1, 0.15) is 18.4 Å². The molecule has 0 saturated heterocycles. The molecule has 1 amide bonds. The molecule has 1 aromatic rings. The van der Waals surface area contributed by atoms with Crippen LogP contribution in [0.5, 0.6) is 0 Å². The van der Waals surface area contributed by atoms with E-state index in [1.165, 1.54) is 12.1 Å². The van der Waals surface area contributed by atoms with E-state index in [0.717, 1.165) is 18.5 Å². The smallest absolute Gasteiger partial charge is 0.220 e. The molecular formula is C12H18ClFN2O. The van der Waals surface area contributed by atoms with Crippen LogP contribution in [0.3, 0.4) is 0 Å². The molecule has 1 aromatic carbocycles. The van der Waals surface area contributed by atoms with Gasteiger partial charge in [0.15, 0.2) is 0 Å². The normalized spacial score (nSPS) is 9.53. The molecule has 0 aliphatic carbocycles. The van der Waals surface area contributed by atoms with E-state index in [9.17, 15) is 9.18 Å². The predicted molar refractivity (Wildman–Crippen MR) is 68.7 cm³/mol. The average Bonchev–Trinajstić information content (AvgIpc) is 2.27. The predicted octanol–water partition coefficient (Wildman–Crippen LogP) is 1.86. The summed E-state index contributed by atoms with van der Waals surface area (Å²) in [7, 11) is 1.85. The van der Waals surface area contributed by atoms with Crippen molar-refractivity contribution in [1.29, 1.82) is 0 Å². The van der Waals surface area contributed by atoms with Crippen molar-refractivity contribution in [2.24, 2.45) is 0 Å². The van der Waals surface area contributed by atoms with Crippen molar-refractivity contribution in [1.82, 2.24) is 10.6 Å². The minimum absolute atomic E-state index is 0. The van der Waals surface area contributed by atoms with Gasteiger partial charge in [-0.25, -0.2) is 4.39 Å². The van der Waals surface area contributed by atoms with Crippen molar-refractivity contribution in [2.45, 2.75) is 19.4 Å². The molecule has 5 heteroatoms. The van der Waals surface area contributed by atoms with Crippen molar-refractivity contribution in [3.05, 3.63) is 35.6 Å². The van der Waals surface area contributed by atoms with Crippen molar-refractivity contribution in [2.75, 3.05) is 13.6 Å². The van der Waals surface area contributed by atoms with Crippen molar-refractivity contribution in [3.63, 3.8) is 0 Å². The first-order valence-corrected chi connectivity index (χ1v) is 5.38. The van der Waals surface area contributed by atoms with Crippen molar-refractivity contribution < 1.29 is 9.18 Å². The molecule has 1 rings (SSSR count). The van der Waals surface area contributed by atoms with Gasteiger partial charge < -0.3 is 10.6 Å². The number of benzene rings is 1. The Hall–Kier alpha value is -1.13. The van der Waals surface area contributed by atoms with Gasteiger partial charge in [0.1, 0.15) is 5.82 Å². The highest BCUT2D eigenvalue weighted by Gasteiger charge is 2.01. The van der Waals surface area contributed by atoms with E-state index in [4.69, 9.17) is 0 Å². The number of nitrogens with one attached hydrogen (secondary N) is 2. The summed E-state index contributed by atoms with van der Waals surface area (Å²) >= 11 is 0. The molecule has 0 spiro atoms. The second kappa shape index (κ2) is 8.96. The summed E-state index contributed by atoms with van der Waals surface area (Å²) in [6.07, 6.45) is 1.31. The summed E-state index contributed by atoms with van der Waals surface area (Å²) in [5.74, 6) is -0.276. The van der Waals surface area contributed by atoms with Crippen LogP contribution >= 0.6 is 12.4 Å². The van der Waals surface area contributed by atoms with Crippen LogP contribution in [0.15, 0.2) is 24.3 Å². The molecule has 0 bridgehead atoms. The highest BCUT2D eigenvalue weighted by atomic mass is 35.5. The summed E-state index contributed by atoms with van der Waals surface area (Å²) in [4.78, 5) is 11.3. The molecule has 0 fully saturated rings. The van der Waals surface area contributed by atoms with Crippen LogP contribution in [0, 0.1) is 5.82 Å². The molecule has 0 aliphatic heterocycles. The van der Waals surface area contributed by atoms with Gasteiger partial charge in [-0.2, -0.15) is 0 Å². The monoisotopic (exact) mass is 260 g/mol. The zero-order valence-electron chi connectivity index (χ0n) is 9.83. The van der Waals surface area contributed by atoms with Crippen LogP contribution in [0.25, 0.3) is 0 Å². The van der Waals surface area contributed by atoms with Gasteiger partial charge in [0, 0.05) is 13.0 Å². The first-order chi connectivity index (χ1) is 7.72. The van der Waals surface area contributed by atoms with Crippen LogP contribution < -0.4 is 10.6 Å². The lowest BCUT2D eigenvalue weighted by molar-refractivity contribution is -0.121. The van der Waals surface area contributed by atoms with Gasteiger partial charge in [-0.1, -0.05) is 12.1 Å². The van der Waals surface area contributed by atoms with Gasteiger partial charge in [-0.15, -0.1) is 12.4 Å². The lowest BCUT2D eigenvalue weighted by Crippen LogP contribution is -2.23. The fraction of sp³-hybridized carbons (Fsp3) is 0.417. The standard InChI is InChI=1S/C12H17FN2O.ClH/c1-14-7-3-6-12(16)15-9-10-4-2-5-11(13)8-10;/h2,4-5,8,14H,3,6-7,9H2,1H3,(H,15,16);1H. The maximum atomic E-state index is 12.8. The van der Waals surface area contributed by atoms with Crippen LogP contribution in [0.2, 0.25) is 0 Å². The summed E-state index contributed by atoms with van der Waals surface area (Å²) < 4.78 is 12.8. The quantitative estimate of drug-likeness (QED) is 0.767. The summed E-state index contributed by atoms with van der Waals surface area (Å²) in [6, 6.07) is 6.24. The molecule has 0 heterocycles. The molecule has 17 heavy (non-hydrogen) atoms. The third-order valence-corrected chi connectivity index (χ3v) is 2.21. The van der Waals surface area contributed by atoms with Gasteiger partial charge >= 0.3 is 0 Å². The lowest BCUT2D eigenvalue weighted by Gasteiger charge is -2.05. The van der Waals surface area contributed by atoms with E-state index in [1.54, 1.807) is 12.1 Å². The first-order valence-electron chi connectivity index (χ1n) is 5.38. The summed E-state index contributed by atoms with van der Waals surface area (Å²) in [5, 5.41) is 5.73. The van der Waals surface area contributed by atoms with E-state index >= 15 is 0 Å². The van der Waals surface area contributed by atoms with E-state index in [-0.39, 0.29) is 24.1 Å². The van der Waals surface area contributed by atoms with Crippen LogP contribution in [-0.2, 0) is 11.3 Å². The fourth-order valence-corrected chi connectivity index (χ4v) is 1.36. The zero-order valence-corrected chi connectivity index (χ0v) is 10.6. The Kier molecular flexibility index (Phi) is 8.36. The maximum Gasteiger partial charge on any atom is 0.220 e. The second-order valence-electron chi connectivity index (χ2n) is 3.61. The molecule has 0 unspecified atom stereocenters. The number of hydrogen-bond donors (Lipinski definition) is 2. The highest BCUT2D eigenvalue weighted by Crippen LogP contribution is 2.02. The highest BCUT2D eigenvalue weighted by molar-refractivity contribution is 5.85. The van der Waals surface area contributed by atoms with E-state index in [2.05, 4.69) is 10.6 Å². The Balaban J connectivity index is 0.00000256. The lowest BCUT2D eigenvalue weighted by atomic mass is 10.2. The van der Waals surface area contributed by atoms with Gasteiger partial charge in [0.2, 0.25) is 5.91 Å². The van der Waals surface area contributed by atoms with Gasteiger partial charge in [-0.05, 0) is 37.7 Å². The first kappa shape index (κ1) is 15.9. The second-order valence-corrected chi connectivity index (χ2v) is 3.61. The maximum absolute atomic E-state index is 12.8. The van der Waals surface area contributed by atoms with E-state index < -0.39 is 0 Å². The van der Waals surface area contributed by atoms with Crippen LogP contribution in [0.4, 0.5) is 4.39 Å². The Morgan fingerprint density at radius 3 is 2.82 bits per heavy atom. The number of halogens is 2. The molecule has 0 atom stereocenters. The number of rotatable bonds is 6. The van der Waals surface area contributed by atoms with Gasteiger partial charge in [-0.3, -0.25) is 4.79 Å². The molecule has 2 N–H and O–H groups in total. The largest absolute Gasteiger partial charge is 0.352 e. The SMILES string of the molecule is CNCCCC(=O)NCc1cccc(F)c1.Cl. The summed E-state index contributed by atoms with van der Waals surface area (Å²) in [6.45, 7) is 1.21. The third kappa shape index (κ3) is 6.92. The Morgan fingerprint density at radius 2 is 2.18 bits per heavy atom. The number of carbonyl (C=O) groups is 1. The third-order valence-electron chi connectivity index (χ3n) is 2.21. The van der Waals surface area contributed by atoms with Gasteiger partial charge in [0.05, 0.1) is 0 Å². The van der Waals surface area contributed by atoms with Crippen molar-refractivity contribution >= 4 is 18.3 Å². The molecule has 0 saturated carbocycles. The molecule has 96 valence electrons. The Bertz CT molecular complexity index is 347. The zero-order chi connectivity index (χ0) is 11.8. The Morgan fingerprint density at radius 1 is 1.41 bits per heavy atom. The van der Waals surface area contributed by atoms with Crippen molar-refractivity contribution in [3.8, 4) is 0 Å². The molecule has 3 nitrogen and oxygen atoms in total. The number of carbonyl (C=O) groups excluding carboxylic acids is 1. The molecule has 0 aromatic heterocycles. The topological polar surface area (TPSA) is 41.1 Å².